The fourth-order valence-electron chi connectivity index (χ4n) is 1.31. The number of ether oxygens (including phenoxy) is 1. The largest absolute Gasteiger partial charge is 0.531 e. The summed E-state index contributed by atoms with van der Waals surface area (Å²) in [6.07, 6.45) is 1.67. The molecule has 3 nitrogen and oxygen atoms in total. The average molecular weight is 291 g/mol. The molecule has 0 bridgehead atoms. The lowest BCUT2D eigenvalue weighted by Crippen LogP contribution is -2.42. The van der Waals surface area contributed by atoms with Crippen LogP contribution in [0.5, 0.6) is 5.75 Å². The minimum absolute atomic E-state index is 0.136. The number of nitrogens with zero attached hydrogens (tertiary/aromatic N) is 1. The predicted molar refractivity (Wildman–Crippen MR) is 88.6 cm³/mol. The van der Waals surface area contributed by atoms with Gasteiger partial charge in [0, 0.05) is 0 Å². The van der Waals surface area contributed by atoms with E-state index in [4.69, 9.17) is 9.16 Å². The minimum atomic E-state index is -1.89. The molecular formula is C16H25NO2Si. The molecule has 0 saturated carbocycles. The molecule has 1 aromatic rings. The van der Waals surface area contributed by atoms with E-state index in [1.807, 2.05) is 24.3 Å². The minimum Gasteiger partial charge on any atom is -0.531 e. The zero-order chi connectivity index (χ0) is 15.4. The van der Waals surface area contributed by atoms with Crippen molar-refractivity contribution in [2.75, 3.05) is 7.11 Å². The summed E-state index contributed by atoms with van der Waals surface area (Å²) in [6.45, 7) is 14.8. The van der Waals surface area contributed by atoms with Gasteiger partial charge in [-0.25, -0.2) is 4.99 Å². The predicted octanol–water partition coefficient (Wildman–Crippen LogP) is 4.93. The SMILES string of the molecule is C=CC(=Nc1ccc(OC)cc1)O[Si](C)(C)C(C)(C)C. The number of benzene rings is 1. The Bertz CT molecular complexity index is 484. The van der Waals surface area contributed by atoms with Gasteiger partial charge in [-0.3, -0.25) is 0 Å². The lowest BCUT2D eigenvalue weighted by Gasteiger charge is -2.36. The van der Waals surface area contributed by atoms with Gasteiger partial charge in [-0.2, -0.15) is 0 Å². The lowest BCUT2D eigenvalue weighted by molar-refractivity contribution is 0.415. The van der Waals surface area contributed by atoms with Gasteiger partial charge in [-0.05, 0) is 48.5 Å². The van der Waals surface area contributed by atoms with E-state index in [1.165, 1.54) is 0 Å². The van der Waals surface area contributed by atoms with Crippen LogP contribution < -0.4 is 4.74 Å². The molecule has 20 heavy (non-hydrogen) atoms. The zero-order valence-corrected chi connectivity index (χ0v) is 14.4. The first kappa shape index (κ1) is 16.5. The molecule has 0 aromatic heterocycles. The van der Waals surface area contributed by atoms with E-state index < -0.39 is 8.32 Å². The first-order valence-electron chi connectivity index (χ1n) is 6.74. The van der Waals surface area contributed by atoms with E-state index in [2.05, 4.69) is 45.4 Å². The summed E-state index contributed by atoms with van der Waals surface area (Å²) in [5.41, 5.74) is 0.833. The normalized spacial score (nSPS) is 13.0. The van der Waals surface area contributed by atoms with Crippen molar-refractivity contribution in [3.63, 3.8) is 0 Å². The Morgan fingerprint density at radius 3 is 2.15 bits per heavy atom. The van der Waals surface area contributed by atoms with Crippen molar-refractivity contribution >= 4 is 19.9 Å². The average Bonchev–Trinajstić information content (AvgIpc) is 2.37. The molecule has 0 saturated heterocycles. The van der Waals surface area contributed by atoms with Crippen molar-refractivity contribution in [2.24, 2.45) is 4.99 Å². The molecule has 0 atom stereocenters. The van der Waals surface area contributed by atoms with E-state index in [0.717, 1.165) is 11.4 Å². The number of hydrogen-bond acceptors (Lipinski definition) is 3. The highest BCUT2D eigenvalue weighted by Crippen LogP contribution is 2.37. The van der Waals surface area contributed by atoms with Crippen LogP contribution >= 0.6 is 0 Å². The molecule has 0 N–H and O–H groups in total. The van der Waals surface area contributed by atoms with Gasteiger partial charge in [0.1, 0.15) is 5.75 Å². The van der Waals surface area contributed by atoms with Gasteiger partial charge in [-0.15, -0.1) is 0 Å². The highest BCUT2D eigenvalue weighted by atomic mass is 28.4. The molecule has 0 aliphatic heterocycles. The molecule has 0 spiro atoms. The van der Waals surface area contributed by atoms with Gasteiger partial charge in [0.25, 0.3) is 8.32 Å². The van der Waals surface area contributed by atoms with Crippen LogP contribution in [0.3, 0.4) is 0 Å². The smallest absolute Gasteiger partial charge is 0.252 e. The van der Waals surface area contributed by atoms with Crippen LogP contribution in [0.2, 0.25) is 18.1 Å². The topological polar surface area (TPSA) is 30.8 Å². The standard InChI is InChI=1S/C16H25NO2Si/c1-8-15(19-20(6,7)16(2,3)4)17-13-9-11-14(18-5)12-10-13/h8-12H,1H2,2-7H3. The summed E-state index contributed by atoms with van der Waals surface area (Å²) in [4.78, 5) is 4.51. The molecular weight excluding hydrogens is 266 g/mol. The summed E-state index contributed by atoms with van der Waals surface area (Å²) >= 11 is 0. The number of methoxy groups -OCH3 is 1. The van der Waals surface area contributed by atoms with Crippen molar-refractivity contribution < 1.29 is 9.16 Å². The Kier molecular flexibility index (Phi) is 5.17. The molecule has 1 rings (SSSR count). The van der Waals surface area contributed by atoms with Gasteiger partial charge in [0.2, 0.25) is 0 Å². The highest BCUT2D eigenvalue weighted by Gasteiger charge is 2.39. The van der Waals surface area contributed by atoms with Gasteiger partial charge in [0.05, 0.1) is 12.8 Å². The Hall–Kier alpha value is -1.55. The molecule has 0 amide bonds. The number of rotatable bonds is 4. The second kappa shape index (κ2) is 6.26. The van der Waals surface area contributed by atoms with Crippen LogP contribution in [0.1, 0.15) is 20.8 Å². The molecule has 110 valence electrons. The summed E-state index contributed by atoms with van der Waals surface area (Å²) < 4.78 is 11.3. The molecule has 1 aromatic carbocycles. The highest BCUT2D eigenvalue weighted by molar-refractivity contribution is 6.75. The summed E-state index contributed by atoms with van der Waals surface area (Å²) in [7, 11) is -0.240. The van der Waals surface area contributed by atoms with Crippen molar-refractivity contribution in [3.8, 4) is 5.75 Å². The third kappa shape index (κ3) is 4.23. The van der Waals surface area contributed by atoms with Crippen LogP contribution in [0, 0.1) is 0 Å². The third-order valence-electron chi connectivity index (χ3n) is 3.65. The second-order valence-electron chi connectivity index (χ2n) is 6.21. The van der Waals surface area contributed by atoms with Gasteiger partial charge in [0.15, 0.2) is 5.90 Å². The monoisotopic (exact) mass is 291 g/mol. The first-order valence-corrected chi connectivity index (χ1v) is 9.64. The van der Waals surface area contributed by atoms with Gasteiger partial charge in [-0.1, -0.05) is 27.4 Å². The quantitative estimate of drug-likeness (QED) is 0.447. The molecule has 0 heterocycles. The molecule has 0 aliphatic carbocycles. The summed E-state index contributed by atoms with van der Waals surface area (Å²) in [5.74, 6) is 1.40. The molecule has 4 heteroatoms. The fraction of sp³-hybridized carbons (Fsp3) is 0.438. The second-order valence-corrected chi connectivity index (χ2v) is 10.9. The summed E-state index contributed by atoms with van der Waals surface area (Å²) in [6, 6.07) is 7.56. The maximum absolute atomic E-state index is 6.15. The Balaban J connectivity index is 2.95. The lowest BCUT2D eigenvalue weighted by atomic mass is 10.2. The molecule has 0 fully saturated rings. The van der Waals surface area contributed by atoms with Crippen molar-refractivity contribution in [1.29, 1.82) is 0 Å². The van der Waals surface area contributed by atoms with Crippen LogP contribution in [-0.2, 0) is 4.43 Å². The van der Waals surface area contributed by atoms with Gasteiger partial charge >= 0.3 is 0 Å². The molecule has 0 radical (unpaired) electrons. The molecule has 0 aliphatic rings. The first-order chi connectivity index (χ1) is 9.19. The third-order valence-corrected chi connectivity index (χ3v) is 7.98. The van der Waals surface area contributed by atoms with E-state index in [1.54, 1.807) is 13.2 Å². The van der Waals surface area contributed by atoms with Crippen LogP contribution in [0.15, 0.2) is 41.9 Å². The maximum atomic E-state index is 6.15. The van der Waals surface area contributed by atoms with Crippen LogP contribution in [0.25, 0.3) is 0 Å². The Morgan fingerprint density at radius 2 is 1.75 bits per heavy atom. The van der Waals surface area contributed by atoms with E-state index in [9.17, 15) is 0 Å². The number of hydrogen-bond donors (Lipinski definition) is 0. The zero-order valence-electron chi connectivity index (χ0n) is 13.4. The van der Waals surface area contributed by atoms with E-state index in [-0.39, 0.29) is 5.04 Å². The van der Waals surface area contributed by atoms with Crippen LogP contribution in [0.4, 0.5) is 5.69 Å². The fourth-order valence-corrected chi connectivity index (χ4v) is 2.27. The van der Waals surface area contributed by atoms with Crippen molar-refractivity contribution in [2.45, 2.75) is 38.9 Å². The van der Waals surface area contributed by atoms with Crippen molar-refractivity contribution in [1.82, 2.24) is 0 Å². The molecule has 0 unspecified atom stereocenters. The Morgan fingerprint density at radius 1 is 1.20 bits per heavy atom. The number of aliphatic imine (C=N–C) groups is 1. The maximum Gasteiger partial charge on any atom is 0.252 e. The van der Waals surface area contributed by atoms with Gasteiger partial charge < -0.3 is 9.16 Å². The van der Waals surface area contributed by atoms with E-state index in [0.29, 0.717) is 5.90 Å². The van der Waals surface area contributed by atoms with Crippen LogP contribution in [-0.4, -0.2) is 21.3 Å². The van der Waals surface area contributed by atoms with E-state index >= 15 is 0 Å². The van der Waals surface area contributed by atoms with Crippen molar-refractivity contribution in [3.05, 3.63) is 36.9 Å². The Labute approximate surface area is 123 Å². The summed E-state index contributed by atoms with van der Waals surface area (Å²) in [5, 5.41) is 0.136.